The van der Waals surface area contributed by atoms with Crippen LogP contribution in [0.5, 0.6) is 5.75 Å². The SMILES string of the molecule is CCOC(=O)C(Cc1cccc(OCC=C(C)C#Cc2ccccc2)c1)OCC. The number of ether oxygens (including phenoxy) is 3. The number of esters is 1. The van der Waals surface area contributed by atoms with Gasteiger partial charge >= 0.3 is 5.97 Å². The van der Waals surface area contributed by atoms with Gasteiger partial charge in [-0.05, 0) is 62.2 Å². The lowest BCUT2D eigenvalue weighted by Gasteiger charge is -2.16. The van der Waals surface area contributed by atoms with Crippen LogP contribution in [0.3, 0.4) is 0 Å². The summed E-state index contributed by atoms with van der Waals surface area (Å²) in [6.07, 6.45) is 1.79. The molecule has 2 aromatic rings. The molecular formula is C25H28O4. The maximum Gasteiger partial charge on any atom is 0.335 e. The van der Waals surface area contributed by atoms with Gasteiger partial charge in [-0.1, -0.05) is 42.2 Å². The zero-order valence-corrected chi connectivity index (χ0v) is 17.3. The van der Waals surface area contributed by atoms with Gasteiger partial charge < -0.3 is 14.2 Å². The monoisotopic (exact) mass is 392 g/mol. The molecule has 0 saturated carbocycles. The average Bonchev–Trinajstić information content (AvgIpc) is 2.73. The van der Waals surface area contributed by atoms with Crippen molar-refractivity contribution >= 4 is 5.97 Å². The summed E-state index contributed by atoms with van der Waals surface area (Å²) < 4.78 is 16.4. The molecule has 0 spiro atoms. The Kier molecular flexibility index (Phi) is 9.54. The lowest BCUT2D eigenvalue weighted by Crippen LogP contribution is -2.29. The second-order valence-electron chi connectivity index (χ2n) is 6.36. The zero-order valence-electron chi connectivity index (χ0n) is 17.3. The fraction of sp³-hybridized carbons (Fsp3) is 0.320. The van der Waals surface area contributed by atoms with Crippen molar-refractivity contribution in [2.75, 3.05) is 19.8 Å². The second kappa shape index (κ2) is 12.4. The molecule has 1 unspecified atom stereocenters. The average molecular weight is 392 g/mol. The van der Waals surface area contributed by atoms with Crippen LogP contribution in [-0.4, -0.2) is 31.9 Å². The van der Waals surface area contributed by atoms with E-state index in [1.165, 1.54) is 0 Å². The van der Waals surface area contributed by atoms with Gasteiger partial charge in [0.2, 0.25) is 0 Å². The maximum absolute atomic E-state index is 12.0. The van der Waals surface area contributed by atoms with Crippen molar-refractivity contribution in [1.82, 2.24) is 0 Å². The van der Waals surface area contributed by atoms with Gasteiger partial charge in [-0.15, -0.1) is 0 Å². The molecular weight excluding hydrogens is 364 g/mol. The molecule has 0 amide bonds. The van der Waals surface area contributed by atoms with Crippen LogP contribution < -0.4 is 4.74 Å². The molecule has 0 aliphatic heterocycles. The Bertz CT molecular complexity index is 859. The van der Waals surface area contributed by atoms with Gasteiger partial charge in [0.15, 0.2) is 6.10 Å². The van der Waals surface area contributed by atoms with E-state index in [-0.39, 0.29) is 5.97 Å². The molecule has 0 fully saturated rings. The van der Waals surface area contributed by atoms with Crippen LogP contribution in [-0.2, 0) is 20.7 Å². The third-order valence-electron chi connectivity index (χ3n) is 4.05. The van der Waals surface area contributed by atoms with Gasteiger partial charge in [0.05, 0.1) is 6.61 Å². The quantitative estimate of drug-likeness (QED) is 0.463. The minimum absolute atomic E-state index is 0.337. The summed E-state index contributed by atoms with van der Waals surface area (Å²) in [5.41, 5.74) is 2.89. The van der Waals surface area contributed by atoms with Crippen LogP contribution in [0, 0.1) is 11.8 Å². The van der Waals surface area contributed by atoms with Crippen LogP contribution in [0.4, 0.5) is 0 Å². The van der Waals surface area contributed by atoms with Crippen LogP contribution in [0.25, 0.3) is 0 Å². The molecule has 0 aliphatic carbocycles. The molecule has 152 valence electrons. The highest BCUT2D eigenvalue weighted by atomic mass is 16.6. The van der Waals surface area contributed by atoms with E-state index < -0.39 is 6.10 Å². The molecule has 1 atom stereocenters. The first-order valence-corrected chi connectivity index (χ1v) is 9.86. The summed E-state index contributed by atoms with van der Waals surface area (Å²) >= 11 is 0. The Hall–Kier alpha value is -3.03. The summed E-state index contributed by atoms with van der Waals surface area (Å²) in [5.74, 6) is 6.65. The molecule has 0 aromatic heterocycles. The highest BCUT2D eigenvalue weighted by Gasteiger charge is 2.20. The van der Waals surface area contributed by atoms with Crippen molar-refractivity contribution in [3.63, 3.8) is 0 Å². The molecule has 0 N–H and O–H groups in total. The Morgan fingerprint density at radius 1 is 1.07 bits per heavy atom. The molecule has 2 aromatic carbocycles. The maximum atomic E-state index is 12.0. The Morgan fingerprint density at radius 2 is 1.86 bits per heavy atom. The van der Waals surface area contributed by atoms with E-state index in [0.29, 0.717) is 26.2 Å². The summed E-state index contributed by atoms with van der Waals surface area (Å²) in [7, 11) is 0. The van der Waals surface area contributed by atoms with Crippen LogP contribution >= 0.6 is 0 Å². The first kappa shape index (κ1) is 22.3. The largest absolute Gasteiger partial charge is 0.489 e. The Balaban J connectivity index is 1.93. The van der Waals surface area contributed by atoms with Gasteiger partial charge in [0.25, 0.3) is 0 Å². The molecule has 0 heterocycles. The Labute approximate surface area is 173 Å². The zero-order chi connectivity index (χ0) is 20.9. The van der Waals surface area contributed by atoms with Crippen molar-refractivity contribution in [2.45, 2.75) is 33.3 Å². The fourth-order valence-corrected chi connectivity index (χ4v) is 2.63. The van der Waals surface area contributed by atoms with E-state index in [2.05, 4.69) is 11.8 Å². The second-order valence-corrected chi connectivity index (χ2v) is 6.36. The highest BCUT2D eigenvalue weighted by molar-refractivity contribution is 5.75. The molecule has 0 aliphatic rings. The van der Waals surface area contributed by atoms with E-state index in [9.17, 15) is 4.79 Å². The van der Waals surface area contributed by atoms with Gasteiger partial charge in [-0.25, -0.2) is 4.79 Å². The number of hydrogen-bond donors (Lipinski definition) is 0. The number of benzene rings is 2. The van der Waals surface area contributed by atoms with Crippen LogP contribution in [0.1, 0.15) is 31.9 Å². The summed E-state index contributed by atoms with van der Waals surface area (Å²) in [5, 5.41) is 0. The minimum atomic E-state index is -0.606. The standard InChI is InChI=1S/C25H28O4/c1-4-27-24(25(26)28-5-2)19-22-12-9-13-23(18-22)29-17-16-20(3)14-15-21-10-7-6-8-11-21/h6-13,16,18,24H,4-5,17,19H2,1-3H3. The Morgan fingerprint density at radius 3 is 2.59 bits per heavy atom. The number of hydrogen-bond acceptors (Lipinski definition) is 4. The third-order valence-corrected chi connectivity index (χ3v) is 4.05. The van der Waals surface area contributed by atoms with E-state index in [4.69, 9.17) is 14.2 Å². The van der Waals surface area contributed by atoms with Gasteiger partial charge in [0.1, 0.15) is 12.4 Å². The first-order chi connectivity index (χ1) is 14.1. The summed E-state index contributed by atoms with van der Waals surface area (Å²) in [6.45, 7) is 6.82. The van der Waals surface area contributed by atoms with Crippen molar-refractivity contribution in [3.05, 3.63) is 77.4 Å². The number of allylic oxidation sites excluding steroid dienone is 1. The predicted octanol–water partition coefficient (Wildman–Crippen LogP) is 4.57. The van der Waals surface area contributed by atoms with Crippen molar-refractivity contribution in [2.24, 2.45) is 0 Å². The number of rotatable bonds is 9. The number of carbonyl (C=O) groups excluding carboxylic acids is 1. The number of carbonyl (C=O) groups is 1. The van der Waals surface area contributed by atoms with E-state index in [1.807, 2.05) is 74.5 Å². The molecule has 2 rings (SSSR count). The van der Waals surface area contributed by atoms with Crippen LogP contribution in [0.2, 0.25) is 0 Å². The normalized spacial score (nSPS) is 11.9. The van der Waals surface area contributed by atoms with Gasteiger partial charge in [-0.3, -0.25) is 0 Å². The van der Waals surface area contributed by atoms with E-state index in [0.717, 1.165) is 22.4 Å². The van der Waals surface area contributed by atoms with Gasteiger partial charge in [0, 0.05) is 18.6 Å². The van der Waals surface area contributed by atoms with E-state index in [1.54, 1.807) is 6.92 Å². The fourth-order valence-electron chi connectivity index (χ4n) is 2.63. The molecule has 0 radical (unpaired) electrons. The van der Waals surface area contributed by atoms with Crippen LogP contribution in [0.15, 0.2) is 66.2 Å². The third kappa shape index (κ3) is 8.25. The van der Waals surface area contributed by atoms with Crippen molar-refractivity contribution < 1.29 is 19.0 Å². The summed E-state index contributed by atoms with van der Waals surface area (Å²) in [6, 6.07) is 17.5. The molecule has 4 heteroatoms. The lowest BCUT2D eigenvalue weighted by atomic mass is 10.1. The lowest BCUT2D eigenvalue weighted by molar-refractivity contribution is -0.156. The molecule has 0 bridgehead atoms. The van der Waals surface area contributed by atoms with E-state index >= 15 is 0 Å². The summed E-state index contributed by atoms with van der Waals surface area (Å²) in [4.78, 5) is 12.0. The molecule has 0 saturated heterocycles. The highest BCUT2D eigenvalue weighted by Crippen LogP contribution is 2.16. The molecule has 4 nitrogen and oxygen atoms in total. The van der Waals surface area contributed by atoms with Crippen molar-refractivity contribution in [1.29, 1.82) is 0 Å². The van der Waals surface area contributed by atoms with Crippen molar-refractivity contribution in [3.8, 4) is 17.6 Å². The first-order valence-electron chi connectivity index (χ1n) is 9.86. The minimum Gasteiger partial charge on any atom is -0.489 e. The predicted molar refractivity (Wildman–Crippen MR) is 115 cm³/mol. The molecule has 29 heavy (non-hydrogen) atoms. The smallest absolute Gasteiger partial charge is 0.335 e. The topological polar surface area (TPSA) is 44.8 Å². The van der Waals surface area contributed by atoms with Gasteiger partial charge in [-0.2, -0.15) is 0 Å².